The summed E-state index contributed by atoms with van der Waals surface area (Å²) in [6.07, 6.45) is 5.15. The third-order valence-electron chi connectivity index (χ3n) is 3.87. The third kappa shape index (κ3) is 2.80. The van der Waals surface area contributed by atoms with Crippen LogP contribution in [-0.4, -0.2) is 0 Å². The van der Waals surface area contributed by atoms with E-state index in [1.165, 1.54) is 18.6 Å². The molecule has 2 atom stereocenters. The van der Waals surface area contributed by atoms with Crippen LogP contribution in [0.3, 0.4) is 0 Å². The zero-order chi connectivity index (χ0) is 12.5. The SMILES string of the molecule is CC1CCCC(N)(c2cc(F)ccc2Cl)CC1. The minimum atomic E-state index is -0.454. The predicted molar refractivity (Wildman–Crippen MR) is 69.5 cm³/mol. The van der Waals surface area contributed by atoms with Crippen LogP contribution in [-0.2, 0) is 5.54 Å². The summed E-state index contributed by atoms with van der Waals surface area (Å²) in [5, 5.41) is 0.587. The normalized spacial score (nSPS) is 30.0. The Balaban J connectivity index is 2.33. The van der Waals surface area contributed by atoms with Crippen molar-refractivity contribution in [3.8, 4) is 0 Å². The molecule has 1 saturated carbocycles. The number of benzene rings is 1. The average Bonchev–Trinajstić information content (AvgIpc) is 2.46. The van der Waals surface area contributed by atoms with Crippen molar-refractivity contribution in [1.29, 1.82) is 0 Å². The summed E-state index contributed by atoms with van der Waals surface area (Å²) in [4.78, 5) is 0. The van der Waals surface area contributed by atoms with Crippen LogP contribution in [0.15, 0.2) is 18.2 Å². The maximum atomic E-state index is 13.3. The average molecular weight is 256 g/mol. The smallest absolute Gasteiger partial charge is 0.123 e. The quantitative estimate of drug-likeness (QED) is 0.747. The molecular weight excluding hydrogens is 237 g/mol. The van der Waals surface area contributed by atoms with Gasteiger partial charge in [-0.25, -0.2) is 4.39 Å². The fourth-order valence-electron chi connectivity index (χ4n) is 2.69. The Morgan fingerprint density at radius 1 is 1.35 bits per heavy atom. The van der Waals surface area contributed by atoms with Crippen LogP contribution in [0.25, 0.3) is 0 Å². The van der Waals surface area contributed by atoms with Crippen molar-refractivity contribution in [3.05, 3.63) is 34.6 Å². The maximum Gasteiger partial charge on any atom is 0.123 e. The van der Waals surface area contributed by atoms with E-state index in [-0.39, 0.29) is 5.82 Å². The molecule has 0 heterocycles. The van der Waals surface area contributed by atoms with Gasteiger partial charge in [-0.15, -0.1) is 0 Å². The van der Waals surface area contributed by atoms with Gasteiger partial charge in [-0.3, -0.25) is 0 Å². The van der Waals surface area contributed by atoms with Gasteiger partial charge in [-0.1, -0.05) is 31.4 Å². The van der Waals surface area contributed by atoms with Crippen LogP contribution in [0.2, 0.25) is 5.02 Å². The van der Waals surface area contributed by atoms with E-state index in [0.717, 1.165) is 31.2 Å². The van der Waals surface area contributed by atoms with E-state index in [1.54, 1.807) is 6.07 Å². The largest absolute Gasteiger partial charge is 0.321 e. The Bertz CT molecular complexity index is 407. The first-order valence-corrected chi connectivity index (χ1v) is 6.63. The molecule has 17 heavy (non-hydrogen) atoms. The number of hydrogen-bond acceptors (Lipinski definition) is 1. The molecule has 1 nitrogen and oxygen atoms in total. The van der Waals surface area contributed by atoms with Gasteiger partial charge in [0, 0.05) is 10.6 Å². The Hall–Kier alpha value is -0.600. The molecule has 2 N–H and O–H groups in total. The molecule has 0 spiro atoms. The third-order valence-corrected chi connectivity index (χ3v) is 4.20. The monoisotopic (exact) mass is 255 g/mol. The highest BCUT2D eigenvalue weighted by Crippen LogP contribution is 2.38. The number of rotatable bonds is 1. The molecule has 0 aliphatic heterocycles. The zero-order valence-corrected chi connectivity index (χ0v) is 10.9. The topological polar surface area (TPSA) is 26.0 Å². The van der Waals surface area contributed by atoms with Crippen LogP contribution in [0.1, 0.15) is 44.6 Å². The van der Waals surface area contributed by atoms with Crippen molar-refractivity contribution in [2.45, 2.75) is 44.6 Å². The van der Waals surface area contributed by atoms with Crippen molar-refractivity contribution < 1.29 is 4.39 Å². The molecule has 2 rings (SSSR count). The molecule has 1 aromatic rings. The van der Waals surface area contributed by atoms with Gasteiger partial charge in [0.15, 0.2) is 0 Å². The molecule has 0 amide bonds. The van der Waals surface area contributed by atoms with Crippen LogP contribution in [0.5, 0.6) is 0 Å². The van der Waals surface area contributed by atoms with Gasteiger partial charge in [0.1, 0.15) is 5.82 Å². The van der Waals surface area contributed by atoms with Gasteiger partial charge >= 0.3 is 0 Å². The van der Waals surface area contributed by atoms with Crippen molar-refractivity contribution in [2.75, 3.05) is 0 Å². The molecule has 1 aliphatic carbocycles. The van der Waals surface area contributed by atoms with Gasteiger partial charge in [0.2, 0.25) is 0 Å². The van der Waals surface area contributed by atoms with Crippen LogP contribution in [0, 0.1) is 11.7 Å². The van der Waals surface area contributed by atoms with Crippen LogP contribution >= 0.6 is 11.6 Å². The molecule has 0 saturated heterocycles. The summed E-state index contributed by atoms with van der Waals surface area (Å²) in [6, 6.07) is 4.49. The molecule has 0 bridgehead atoms. The van der Waals surface area contributed by atoms with Crippen molar-refractivity contribution >= 4 is 11.6 Å². The van der Waals surface area contributed by atoms with Gasteiger partial charge in [-0.2, -0.15) is 0 Å². The van der Waals surface area contributed by atoms with E-state index in [0.29, 0.717) is 10.9 Å². The van der Waals surface area contributed by atoms with E-state index < -0.39 is 5.54 Å². The first-order valence-electron chi connectivity index (χ1n) is 6.26. The second-order valence-electron chi connectivity index (χ2n) is 5.32. The number of hydrogen-bond donors (Lipinski definition) is 1. The highest BCUT2D eigenvalue weighted by molar-refractivity contribution is 6.31. The fourth-order valence-corrected chi connectivity index (χ4v) is 2.99. The predicted octanol–water partition coefficient (Wildman–Crippen LogP) is 4.23. The standard InChI is InChI=1S/C14H19ClFN/c1-10-3-2-7-14(17,8-6-10)12-9-11(16)4-5-13(12)15/h4-5,9-10H,2-3,6-8,17H2,1H3. The van der Waals surface area contributed by atoms with Crippen molar-refractivity contribution in [2.24, 2.45) is 11.7 Å². The summed E-state index contributed by atoms with van der Waals surface area (Å²) in [6.45, 7) is 2.25. The molecular formula is C14H19ClFN. The second-order valence-corrected chi connectivity index (χ2v) is 5.72. The van der Waals surface area contributed by atoms with E-state index >= 15 is 0 Å². The van der Waals surface area contributed by atoms with E-state index in [2.05, 4.69) is 6.92 Å². The summed E-state index contributed by atoms with van der Waals surface area (Å²) >= 11 is 6.16. The molecule has 1 aliphatic rings. The lowest BCUT2D eigenvalue weighted by Gasteiger charge is -2.29. The van der Waals surface area contributed by atoms with Gasteiger partial charge in [0.05, 0.1) is 0 Å². The van der Waals surface area contributed by atoms with Crippen molar-refractivity contribution in [3.63, 3.8) is 0 Å². The van der Waals surface area contributed by atoms with Crippen LogP contribution in [0.4, 0.5) is 4.39 Å². The second kappa shape index (κ2) is 4.95. The summed E-state index contributed by atoms with van der Waals surface area (Å²) < 4.78 is 13.3. The van der Waals surface area contributed by atoms with Gasteiger partial charge in [0.25, 0.3) is 0 Å². The van der Waals surface area contributed by atoms with E-state index in [1.807, 2.05) is 0 Å². The summed E-state index contributed by atoms with van der Waals surface area (Å²) in [5.41, 5.74) is 6.78. The highest BCUT2D eigenvalue weighted by Gasteiger charge is 2.32. The molecule has 3 heteroatoms. The lowest BCUT2D eigenvalue weighted by molar-refractivity contribution is 0.376. The lowest BCUT2D eigenvalue weighted by atomic mass is 9.83. The number of nitrogens with two attached hydrogens (primary N) is 1. The lowest BCUT2D eigenvalue weighted by Crippen LogP contribution is -2.36. The minimum Gasteiger partial charge on any atom is -0.321 e. The molecule has 94 valence electrons. The zero-order valence-electron chi connectivity index (χ0n) is 10.2. The molecule has 1 aromatic carbocycles. The van der Waals surface area contributed by atoms with Gasteiger partial charge < -0.3 is 5.73 Å². The Kier molecular flexibility index (Phi) is 3.74. The molecule has 2 unspecified atom stereocenters. The number of halogens is 2. The van der Waals surface area contributed by atoms with Crippen molar-refractivity contribution in [1.82, 2.24) is 0 Å². The maximum absolute atomic E-state index is 13.3. The van der Waals surface area contributed by atoms with E-state index in [9.17, 15) is 4.39 Å². The fraction of sp³-hybridized carbons (Fsp3) is 0.571. The first kappa shape index (κ1) is 12.8. The first-order chi connectivity index (χ1) is 8.01. The molecule has 0 aromatic heterocycles. The Morgan fingerprint density at radius 2 is 2.12 bits per heavy atom. The Morgan fingerprint density at radius 3 is 2.88 bits per heavy atom. The minimum absolute atomic E-state index is 0.258. The van der Waals surface area contributed by atoms with Crippen LogP contribution < -0.4 is 5.73 Å². The van der Waals surface area contributed by atoms with E-state index in [4.69, 9.17) is 17.3 Å². The molecule has 1 fully saturated rings. The highest BCUT2D eigenvalue weighted by atomic mass is 35.5. The summed E-state index contributed by atoms with van der Waals surface area (Å²) in [5.74, 6) is 0.444. The summed E-state index contributed by atoms with van der Waals surface area (Å²) in [7, 11) is 0. The van der Waals surface area contributed by atoms with Gasteiger partial charge in [-0.05, 0) is 48.9 Å². The molecule has 0 radical (unpaired) electrons. The Labute approximate surface area is 107 Å².